The van der Waals surface area contributed by atoms with Gasteiger partial charge in [0.05, 0.1) is 18.0 Å². The standard InChI is InChI=1S/C30H33N3O3S/c34-30(23-5-3-6-23)36-29-12-10-22-9-11-24(21-26(22)31-29)35-19-2-1-14-32-15-17-33(18-16-32)27-7-4-8-28-25(27)13-20-37-28/h4,7-13,20-21,23H,1-3,5-6,14-19H2. The summed E-state index contributed by atoms with van der Waals surface area (Å²) in [6, 6.07) is 18.5. The number of hydrogen-bond acceptors (Lipinski definition) is 7. The number of carbonyl (C=O) groups is 1. The summed E-state index contributed by atoms with van der Waals surface area (Å²) in [5.74, 6) is 1.05. The summed E-state index contributed by atoms with van der Waals surface area (Å²) in [7, 11) is 0. The van der Waals surface area contributed by atoms with Crippen LogP contribution < -0.4 is 14.4 Å². The number of anilines is 1. The topological polar surface area (TPSA) is 54.9 Å². The largest absolute Gasteiger partial charge is 0.494 e. The number of pyridine rings is 1. The summed E-state index contributed by atoms with van der Waals surface area (Å²) in [6.07, 6.45) is 5.08. The Balaban J connectivity index is 0.939. The van der Waals surface area contributed by atoms with Crippen molar-refractivity contribution in [1.82, 2.24) is 9.88 Å². The monoisotopic (exact) mass is 515 g/mol. The molecule has 2 aromatic heterocycles. The number of esters is 1. The van der Waals surface area contributed by atoms with Crippen molar-refractivity contribution < 1.29 is 14.3 Å². The molecule has 37 heavy (non-hydrogen) atoms. The molecule has 1 aliphatic carbocycles. The zero-order valence-electron chi connectivity index (χ0n) is 21.1. The second kappa shape index (κ2) is 11.1. The molecule has 6 nitrogen and oxygen atoms in total. The highest BCUT2D eigenvalue weighted by atomic mass is 32.1. The maximum atomic E-state index is 12.1. The number of unbranched alkanes of at least 4 members (excludes halogenated alkanes) is 1. The van der Waals surface area contributed by atoms with Gasteiger partial charge in [0.2, 0.25) is 5.88 Å². The second-order valence-corrected chi connectivity index (χ2v) is 11.0. The van der Waals surface area contributed by atoms with Crippen LogP contribution in [0.5, 0.6) is 11.6 Å². The van der Waals surface area contributed by atoms with Crippen LogP contribution in [0, 0.1) is 5.92 Å². The Kier molecular flexibility index (Phi) is 7.24. The lowest BCUT2D eigenvalue weighted by molar-refractivity contribution is -0.141. The van der Waals surface area contributed by atoms with Gasteiger partial charge in [0.1, 0.15) is 5.75 Å². The maximum absolute atomic E-state index is 12.1. The van der Waals surface area contributed by atoms with Crippen LogP contribution in [0.15, 0.2) is 60.0 Å². The molecule has 2 aliphatic rings. The number of ether oxygens (including phenoxy) is 2. The van der Waals surface area contributed by atoms with Crippen molar-refractivity contribution in [2.75, 3.05) is 44.2 Å². The Labute approximate surface area is 221 Å². The van der Waals surface area contributed by atoms with E-state index in [1.54, 1.807) is 6.07 Å². The molecular formula is C30H33N3O3S. The summed E-state index contributed by atoms with van der Waals surface area (Å²) in [5.41, 5.74) is 2.16. The minimum atomic E-state index is -0.160. The van der Waals surface area contributed by atoms with Crippen LogP contribution in [-0.4, -0.2) is 55.2 Å². The van der Waals surface area contributed by atoms with Crippen LogP contribution in [0.2, 0.25) is 0 Å². The van der Waals surface area contributed by atoms with Crippen LogP contribution in [0.3, 0.4) is 0 Å². The van der Waals surface area contributed by atoms with Crippen LogP contribution in [0.25, 0.3) is 21.0 Å². The Hall–Kier alpha value is -3.16. The first-order chi connectivity index (χ1) is 18.2. The zero-order valence-corrected chi connectivity index (χ0v) is 21.9. The summed E-state index contributed by atoms with van der Waals surface area (Å²) >= 11 is 1.82. The Bertz CT molecular complexity index is 1380. The maximum Gasteiger partial charge on any atom is 0.315 e. The molecule has 2 aromatic carbocycles. The van der Waals surface area contributed by atoms with Gasteiger partial charge in [-0.15, -0.1) is 11.3 Å². The van der Waals surface area contributed by atoms with Crippen LogP contribution in [-0.2, 0) is 4.79 Å². The van der Waals surface area contributed by atoms with Gasteiger partial charge in [0.25, 0.3) is 0 Å². The van der Waals surface area contributed by atoms with E-state index in [9.17, 15) is 4.79 Å². The number of thiophene rings is 1. The number of hydrogen-bond donors (Lipinski definition) is 0. The lowest BCUT2D eigenvalue weighted by Crippen LogP contribution is -2.46. The minimum Gasteiger partial charge on any atom is -0.494 e. The fourth-order valence-electron chi connectivity index (χ4n) is 5.15. The van der Waals surface area contributed by atoms with Gasteiger partial charge in [0, 0.05) is 59.5 Å². The summed E-state index contributed by atoms with van der Waals surface area (Å²) < 4.78 is 12.9. The van der Waals surface area contributed by atoms with Gasteiger partial charge in [-0.05, 0) is 74.0 Å². The van der Waals surface area contributed by atoms with E-state index in [0.717, 1.165) is 81.5 Å². The molecule has 0 spiro atoms. The molecule has 7 heteroatoms. The average Bonchev–Trinajstić information content (AvgIpc) is 3.37. The van der Waals surface area contributed by atoms with E-state index in [2.05, 4.69) is 44.4 Å². The summed E-state index contributed by atoms with van der Waals surface area (Å²) in [6.45, 7) is 6.15. The van der Waals surface area contributed by atoms with Crippen molar-refractivity contribution in [3.05, 3.63) is 60.0 Å². The predicted octanol–water partition coefficient (Wildman–Crippen LogP) is 6.14. The van der Waals surface area contributed by atoms with Gasteiger partial charge in [-0.25, -0.2) is 4.98 Å². The molecule has 1 saturated carbocycles. The molecule has 4 aromatic rings. The van der Waals surface area contributed by atoms with Crippen molar-refractivity contribution in [2.24, 2.45) is 5.92 Å². The summed E-state index contributed by atoms with van der Waals surface area (Å²) in [5, 5.41) is 4.57. The molecule has 0 amide bonds. The van der Waals surface area contributed by atoms with E-state index >= 15 is 0 Å². The minimum absolute atomic E-state index is 0.0390. The molecule has 1 aliphatic heterocycles. The predicted molar refractivity (Wildman–Crippen MR) is 150 cm³/mol. The normalized spacial score (nSPS) is 16.7. The molecule has 0 bridgehead atoms. The van der Waals surface area contributed by atoms with E-state index in [1.807, 2.05) is 35.6 Å². The number of carbonyl (C=O) groups excluding carboxylic acids is 1. The van der Waals surface area contributed by atoms with Crippen LogP contribution in [0.4, 0.5) is 5.69 Å². The molecule has 1 saturated heterocycles. The van der Waals surface area contributed by atoms with Gasteiger partial charge >= 0.3 is 5.97 Å². The molecule has 0 N–H and O–H groups in total. The molecule has 0 atom stereocenters. The van der Waals surface area contributed by atoms with Gasteiger partial charge in [-0.1, -0.05) is 12.5 Å². The molecule has 0 unspecified atom stereocenters. The Morgan fingerprint density at radius 3 is 2.70 bits per heavy atom. The highest BCUT2D eigenvalue weighted by Crippen LogP contribution is 2.31. The lowest BCUT2D eigenvalue weighted by atomic mass is 9.86. The van der Waals surface area contributed by atoms with Crippen molar-refractivity contribution >= 4 is 44.0 Å². The van der Waals surface area contributed by atoms with Crippen molar-refractivity contribution in [3.63, 3.8) is 0 Å². The van der Waals surface area contributed by atoms with Crippen molar-refractivity contribution in [3.8, 4) is 11.6 Å². The number of piperazine rings is 1. The van der Waals surface area contributed by atoms with Crippen LogP contribution in [0.1, 0.15) is 32.1 Å². The Morgan fingerprint density at radius 2 is 1.86 bits per heavy atom. The zero-order chi connectivity index (χ0) is 25.0. The first-order valence-electron chi connectivity index (χ1n) is 13.4. The van der Waals surface area contributed by atoms with Gasteiger partial charge < -0.3 is 14.4 Å². The second-order valence-electron chi connectivity index (χ2n) is 10.0. The number of rotatable bonds is 9. The number of fused-ring (bicyclic) bond motifs is 2. The third kappa shape index (κ3) is 5.58. The number of nitrogens with zero attached hydrogens (tertiary/aromatic N) is 3. The molecule has 3 heterocycles. The van der Waals surface area contributed by atoms with Crippen LogP contribution >= 0.6 is 11.3 Å². The molecule has 2 fully saturated rings. The van der Waals surface area contributed by atoms with Gasteiger partial charge in [-0.2, -0.15) is 0 Å². The van der Waals surface area contributed by atoms with E-state index in [4.69, 9.17) is 9.47 Å². The van der Waals surface area contributed by atoms with Crippen molar-refractivity contribution in [1.29, 1.82) is 0 Å². The fraction of sp³-hybridized carbons (Fsp3) is 0.400. The third-order valence-corrected chi connectivity index (χ3v) is 8.49. The van der Waals surface area contributed by atoms with E-state index in [0.29, 0.717) is 12.5 Å². The van der Waals surface area contributed by atoms with E-state index < -0.39 is 0 Å². The van der Waals surface area contributed by atoms with Gasteiger partial charge in [0.15, 0.2) is 0 Å². The fourth-order valence-corrected chi connectivity index (χ4v) is 5.96. The summed E-state index contributed by atoms with van der Waals surface area (Å²) in [4.78, 5) is 21.8. The first kappa shape index (κ1) is 24.2. The Morgan fingerprint density at radius 1 is 1.00 bits per heavy atom. The molecular weight excluding hydrogens is 482 g/mol. The highest BCUT2D eigenvalue weighted by molar-refractivity contribution is 7.17. The number of benzene rings is 2. The van der Waals surface area contributed by atoms with Gasteiger partial charge in [-0.3, -0.25) is 9.69 Å². The smallest absolute Gasteiger partial charge is 0.315 e. The SMILES string of the molecule is O=C(Oc1ccc2ccc(OCCCCN3CCN(c4cccc5sccc45)CC3)cc2n1)C1CCC1. The number of aromatic nitrogens is 1. The quantitative estimate of drug-likeness (QED) is 0.197. The third-order valence-electron chi connectivity index (χ3n) is 7.60. The molecule has 0 radical (unpaired) electrons. The molecule has 6 rings (SSSR count). The molecule has 192 valence electrons. The van der Waals surface area contributed by atoms with E-state index in [1.165, 1.54) is 15.8 Å². The lowest BCUT2D eigenvalue weighted by Gasteiger charge is -2.36. The highest BCUT2D eigenvalue weighted by Gasteiger charge is 2.27. The van der Waals surface area contributed by atoms with Crippen molar-refractivity contribution in [2.45, 2.75) is 32.1 Å². The average molecular weight is 516 g/mol. The van der Waals surface area contributed by atoms with E-state index in [-0.39, 0.29) is 11.9 Å². The first-order valence-corrected chi connectivity index (χ1v) is 14.3.